The van der Waals surface area contributed by atoms with Crippen LogP contribution in [0, 0.1) is 12.8 Å². The van der Waals surface area contributed by atoms with Crippen molar-refractivity contribution in [3.8, 4) is 0 Å². The third kappa shape index (κ3) is 3.07. The average Bonchev–Trinajstić information content (AvgIpc) is 2.41. The molecule has 0 radical (unpaired) electrons. The highest BCUT2D eigenvalue weighted by molar-refractivity contribution is 6.31. The van der Waals surface area contributed by atoms with E-state index in [9.17, 15) is 9.59 Å². The number of carbonyl (C=O) groups is 2. The van der Waals surface area contributed by atoms with Crippen LogP contribution in [0.3, 0.4) is 0 Å². The zero-order valence-corrected chi connectivity index (χ0v) is 11.5. The molecule has 1 unspecified atom stereocenters. The number of rotatable bonds is 2. The second-order valence-electron chi connectivity index (χ2n) is 4.89. The van der Waals surface area contributed by atoms with Crippen molar-refractivity contribution in [3.63, 3.8) is 0 Å². The first kappa shape index (κ1) is 13.9. The third-order valence-electron chi connectivity index (χ3n) is 3.46. The lowest BCUT2D eigenvalue weighted by atomic mass is 9.97. The van der Waals surface area contributed by atoms with Crippen molar-refractivity contribution in [2.75, 3.05) is 13.1 Å². The Kier molecular flexibility index (Phi) is 4.10. The van der Waals surface area contributed by atoms with Gasteiger partial charge in [0.2, 0.25) is 0 Å². The molecule has 0 aliphatic carbocycles. The van der Waals surface area contributed by atoms with E-state index in [2.05, 4.69) is 0 Å². The number of carboxylic acid groups (broad SMARTS) is 1. The van der Waals surface area contributed by atoms with Gasteiger partial charge in [-0.15, -0.1) is 0 Å². The largest absolute Gasteiger partial charge is 0.481 e. The second-order valence-corrected chi connectivity index (χ2v) is 5.30. The summed E-state index contributed by atoms with van der Waals surface area (Å²) in [5.74, 6) is -1.40. The van der Waals surface area contributed by atoms with E-state index in [0.717, 1.165) is 12.0 Å². The summed E-state index contributed by atoms with van der Waals surface area (Å²) in [4.78, 5) is 24.9. The van der Waals surface area contributed by atoms with E-state index in [4.69, 9.17) is 16.7 Å². The molecule has 5 heteroatoms. The summed E-state index contributed by atoms with van der Waals surface area (Å²) in [6, 6.07) is 5.12. The van der Waals surface area contributed by atoms with Crippen molar-refractivity contribution in [2.24, 2.45) is 5.92 Å². The number of hydrogen-bond acceptors (Lipinski definition) is 2. The van der Waals surface area contributed by atoms with Crippen LogP contribution in [0.1, 0.15) is 28.8 Å². The summed E-state index contributed by atoms with van der Waals surface area (Å²) in [5, 5.41) is 9.66. The normalized spacial score (nSPS) is 19.3. The lowest BCUT2D eigenvalue weighted by molar-refractivity contribution is -0.143. The fourth-order valence-electron chi connectivity index (χ4n) is 2.32. The highest BCUT2D eigenvalue weighted by Gasteiger charge is 2.28. The number of aliphatic carboxylic acids is 1. The number of piperidine rings is 1. The van der Waals surface area contributed by atoms with Gasteiger partial charge in [-0.1, -0.05) is 11.6 Å². The maximum atomic E-state index is 12.3. The van der Waals surface area contributed by atoms with E-state index in [-0.39, 0.29) is 12.5 Å². The number of amides is 1. The van der Waals surface area contributed by atoms with Gasteiger partial charge in [0.25, 0.3) is 5.91 Å². The Morgan fingerprint density at radius 2 is 2.16 bits per heavy atom. The molecule has 1 amide bonds. The molecule has 4 nitrogen and oxygen atoms in total. The molecule has 102 valence electrons. The van der Waals surface area contributed by atoms with Gasteiger partial charge in [0.05, 0.1) is 5.92 Å². The molecule has 1 atom stereocenters. The van der Waals surface area contributed by atoms with Gasteiger partial charge in [-0.05, 0) is 43.5 Å². The first-order chi connectivity index (χ1) is 8.99. The molecule has 1 aromatic carbocycles. The van der Waals surface area contributed by atoms with Gasteiger partial charge in [-0.3, -0.25) is 9.59 Å². The molecule has 1 heterocycles. The Morgan fingerprint density at radius 3 is 2.79 bits per heavy atom. The standard InChI is InChI=1S/C14H16ClNO3/c1-9-7-10(4-5-12(9)15)13(17)16-6-2-3-11(8-16)14(18)19/h4-5,7,11H,2-3,6,8H2,1H3,(H,18,19). The van der Waals surface area contributed by atoms with Gasteiger partial charge in [0.1, 0.15) is 0 Å². The zero-order valence-electron chi connectivity index (χ0n) is 10.7. The molecule has 19 heavy (non-hydrogen) atoms. The fourth-order valence-corrected chi connectivity index (χ4v) is 2.44. The molecule has 1 fully saturated rings. The van der Waals surface area contributed by atoms with Gasteiger partial charge in [-0.25, -0.2) is 0 Å². The third-order valence-corrected chi connectivity index (χ3v) is 3.89. The second kappa shape index (κ2) is 5.61. The fraction of sp³-hybridized carbons (Fsp3) is 0.429. The van der Waals surface area contributed by atoms with E-state index < -0.39 is 11.9 Å². The first-order valence-electron chi connectivity index (χ1n) is 6.27. The van der Waals surface area contributed by atoms with E-state index in [1.807, 2.05) is 6.92 Å². The van der Waals surface area contributed by atoms with Gasteiger partial charge in [-0.2, -0.15) is 0 Å². The zero-order chi connectivity index (χ0) is 14.0. The molecule has 2 rings (SSSR count). The highest BCUT2D eigenvalue weighted by Crippen LogP contribution is 2.21. The van der Waals surface area contributed by atoms with Gasteiger partial charge in [0.15, 0.2) is 0 Å². The van der Waals surface area contributed by atoms with Crippen molar-refractivity contribution < 1.29 is 14.7 Å². The van der Waals surface area contributed by atoms with Crippen molar-refractivity contribution >= 4 is 23.5 Å². The molecular weight excluding hydrogens is 266 g/mol. The van der Waals surface area contributed by atoms with E-state index in [1.54, 1.807) is 23.1 Å². The number of halogens is 1. The van der Waals surface area contributed by atoms with Crippen molar-refractivity contribution in [1.82, 2.24) is 4.90 Å². The van der Waals surface area contributed by atoms with Gasteiger partial charge in [0, 0.05) is 23.7 Å². The topological polar surface area (TPSA) is 57.6 Å². The average molecular weight is 282 g/mol. The maximum absolute atomic E-state index is 12.3. The highest BCUT2D eigenvalue weighted by atomic mass is 35.5. The van der Waals surface area contributed by atoms with E-state index >= 15 is 0 Å². The van der Waals surface area contributed by atoms with Crippen LogP contribution in [0.5, 0.6) is 0 Å². The number of carbonyl (C=O) groups excluding carboxylic acids is 1. The molecule has 0 aromatic heterocycles. The minimum Gasteiger partial charge on any atom is -0.481 e. The Labute approximate surface area is 117 Å². The van der Waals surface area contributed by atoms with Crippen LogP contribution < -0.4 is 0 Å². The molecule has 0 spiro atoms. The molecule has 1 aliphatic rings. The quantitative estimate of drug-likeness (QED) is 0.906. The molecule has 1 aliphatic heterocycles. The Balaban J connectivity index is 2.14. The predicted molar refractivity (Wildman–Crippen MR) is 72.5 cm³/mol. The molecule has 0 bridgehead atoms. The van der Waals surface area contributed by atoms with Crippen molar-refractivity contribution in [1.29, 1.82) is 0 Å². The van der Waals surface area contributed by atoms with Gasteiger partial charge >= 0.3 is 5.97 Å². The van der Waals surface area contributed by atoms with E-state index in [0.29, 0.717) is 23.6 Å². The molecule has 1 N–H and O–H groups in total. The molecule has 0 saturated carbocycles. The van der Waals surface area contributed by atoms with Crippen molar-refractivity contribution in [3.05, 3.63) is 34.3 Å². The van der Waals surface area contributed by atoms with Crippen LogP contribution in [-0.4, -0.2) is 35.0 Å². The van der Waals surface area contributed by atoms with Crippen molar-refractivity contribution in [2.45, 2.75) is 19.8 Å². The van der Waals surface area contributed by atoms with Crippen LogP contribution in [0.2, 0.25) is 5.02 Å². The summed E-state index contributed by atoms with van der Waals surface area (Å²) >= 11 is 5.93. The number of hydrogen-bond donors (Lipinski definition) is 1. The summed E-state index contributed by atoms with van der Waals surface area (Å²) in [6.07, 6.45) is 1.37. The lowest BCUT2D eigenvalue weighted by Crippen LogP contribution is -2.42. The summed E-state index contributed by atoms with van der Waals surface area (Å²) in [6.45, 7) is 2.75. The van der Waals surface area contributed by atoms with Crippen LogP contribution in [0.15, 0.2) is 18.2 Å². The Morgan fingerprint density at radius 1 is 1.42 bits per heavy atom. The van der Waals surface area contributed by atoms with E-state index in [1.165, 1.54) is 0 Å². The number of benzene rings is 1. The number of nitrogens with zero attached hydrogens (tertiary/aromatic N) is 1. The molecular formula is C14H16ClNO3. The minimum atomic E-state index is -0.829. The summed E-state index contributed by atoms with van der Waals surface area (Å²) < 4.78 is 0. The van der Waals surface area contributed by atoms with Crippen LogP contribution in [-0.2, 0) is 4.79 Å². The van der Waals surface area contributed by atoms with Crippen LogP contribution in [0.25, 0.3) is 0 Å². The van der Waals surface area contributed by atoms with Gasteiger partial charge < -0.3 is 10.0 Å². The predicted octanol–water partition coefficient (Wildman–Crippen LogP) is 2.59. The number of aryl methyl sites for hydroxylation is 1. The molecule has 1 saturated heterocycles. The summed E-state index contributed by atoms with van der Waals surface area (Å²) in [7, 11) is 0. The summed E-state index contributed by atoms with van der Waals surface area (Å²) in [5.41, 5.74) is 1.41. The lowest BCUT2D eigenvalue weighted by Gasteiger charge is -2.30. The van der Waals surface area contributed by atoms with Crippen LogP contribution >= 0.6 is 11.6 Å². The SMILES string of the molecule is Cc1cc(C(=O)N2CCCC(C(=O)O)C2)ccc1Cl. The number of likely N-dealkylation sites (tertiary alicyclic amines) is 1. The smallest absolute Gasteiger partial charge is 0.308 e. The first-order valence-corrected chi connectivity index (χ1v) is 6.65. The molecule has 1 aromatic rings. The van der Waals surface area contributed by atoms with Crippen LogP contribution in [0.4, 0.5) is 0 Å². The minimum absolute atomic E-state index is 0.120. The number of carboxylic acids is 1. The Hall–Kier alpha value is -1.55. The maximum Gasteiger partial charge on any atom is 0.308 e. The Bertz CT molecular complexity index is 515. The monoisotopic (exact) mass is 281 g/mol.